The molecule has 0 saturated heterocycles. The fourth-order valence-corrected chi connectivity index (χ4v) is 2.46. The van der Waals surface area contributed by atoms with E-state index < -0.39 is 17.6 Å². The van der Waals surface area contributed by atoms with Gasteiger partial charge in [-0.1, -0.05) is 6.92 Å². The van der Waals surface area contributed by atoms with Gasteiger partial charge in [-0.05, 0) is 41.3 Å². The Morgan fingerprint density at radius 2 is 2.17 bits per heavy atom. The molecule has 2 amide bonds. The molecule has 0 fully saturated rings. The summed E-state index contributed by atoms with van der Waals surface area (Å²) in [6.45, 7) is 3.77. The maximum Gasteiger partial charge on any atom is 0.369 e. The summed E-state index contributed by atoms with van der Waals surface area (Å²) in [6, 6.07) is 2.83. The predicted octanol–water partition coefficient (Wildman–Crippen LogP) is -0.479. The van der Waals surface area contributed by atoms with E-state index in [1.165, 1.54) is 11.3 Å². The van der Waals surface area contributed by atoms with Crippen LogP contribution in [0.1, 0.15) is 20.3 Å². The molecule has 2 aromatic rings. The van der Waals surface area contributed by atoms with Crippen molar-refractivity contribution in [2.75, 3.05) is 6.54 Å². The molecule has 0 aliphatic carbocycles. The number of nitrogens with one attached hydrogen (secondary N) is 2. The van der Waals surface area contributed by atoms with Crippen LogP contribution < -0.4 is 16.3 Å². The number of hydrogen-bond acceptors (Lipinski definition) is 6. The molecule has 23 heavy (non-hydrogen) atoms. The Labute approximate surface area is 136 Å². The van der Waals surface area contributed by atoms with Crippen molar-refractivity contribution in [2.45, 2.75) is 32.9 Å². The van der Waals surface area contributed by atoms with Crippen molar-refractivity contribution in [3.05, 3.63) is 28.0 Å². The minimum atomic E-state index is -0.683. The largest absolute Gasteiger partial charge is 0.369 e. The molecule has 1 unspecified atom stereocenters. The van der Waals surface area contributed by atoms with Crippen LogP contribution in [-0.4, -0.2) is 44.2 Å². The Morgan fingerprint density at radius 3 is 2.83 bits per heavy atom. The van der Waals surface area contributed by atoms with Crippen molar-refractivity contribution >= 4 is 23.2 Å². The van der Waals surface area contributed by atoms with Crippen LogP contribution >= 0.6 is 11.3 Å². The van der Waals surface area contributed by atoms with Crippen molar-refractivity contribution in [1.29, 1.82) is 0 Å². The number of aromatic nitrogens is 4. The second kappa shape index (κ2) is 7.68. The summed E-state index contributed by atoms with van der Waals surface area (Å²) in [4.78, 5) is 35.7. The lowest BCUT2D eigenvalue weighted by Crippen LogP contribution is -2.46. The topological polar surface area (TPSA) is 111 Å². The van der Waals surface area contributed by atoms with Gasteiger partial charge in [-0.25, -0.2) is 4.79 Å². The Hall–Kier alpha value is -2.49. The molecule has 124 valence electrons. The summed E-state index contributed by atoms with van der Waals surface area (Å²) in [5.41, 5.74) is -0.509. The van der Waals surface area contributed by atoms with Crippen LogP contribution in [0.5, 0.6) is 0 Å². The van der Waals surface area contributed by atoms with Crippen molar-refractivity contribution in [3.8, 4) is 5.00 Å². The lowest BCUT2D eigenvalue weighted by Gasteiger charge is -2.13. The zero-order chi connectivity index (χ0) is 16.8. The fraction of sp³-hybridized carbons (Fsp3) is 0.462. The fourth-order valence-electron chi connectivity index (χ4n) is 1.79. The van der Waals surface area contributed by atoms with Gasteiger partial charge in [0.1, 0.15) is 17.6 Å². The number of thiophene rings is 1. The Bertz CT molecular complexity index is 720. The minimum absolute atomic E-state index is 0.269. The maximum absolute atomic E-state index is 12.1. The maximum atomic E-state index is 12.1. The second-order valence-electron chi connectivity index (χ2n) is 4.86. The van der Waals surface area contributed by atoms with Gasteiger partial charge in [-0.15, -0.1) is 11.3 Å². The molecule has 0 saturated carbocycles. The highest BCUT2D eigenvalue weighted by molar-refractivity contribution is 7.12. The lowest BCUT2D eigenvalue weighted by molar-refractivity contribution is -0.129. The summed E-state index contributed by atoms with van der Waals surface area (Å²) in [5, 5.41) is 15.0. The highest BCUT2D eigenvalue weighted by atomic mass is 32.1. The lowest BCUT2D eigenvalue weighted by atomic mass is 10.3. The van der Waals surface area contributed by atoms with E-state index in [1.54, 1.807) is 19.1 Å². The Balaban J connectivity index is 1.96. The van der Waals surface area contributed by atoms with Gasteiger partial charge in [0.25, 0.3) is 0 Å². The third-order valence-corrected chi connectivity index (χ3v) is 3.81. The van der Waals surface area contributed by atoms with E-state index in [0.717, 1.165) is 15.8 Å². The molecular formula is C13H18N6O3S. The summed E-state index contributed by atoms with van der Waals surface area (Å²) >= 11 is 1.34. The monoisotopic (exact) mass is 338 g/mol. The van der Waals surface area contributed by atoms with Gasteiger partial charge < -0.3 is 10.6 Å². The average molecular weight is 338 g/mol. The van der Waals surface area contributed by atoms with E-state index in [0.29, 0.717) is 11.5 Å². The number of carbonyl (C=O) groups excluding carboxylic acids is 2. The van der Waals surface area contributed by atoms with Gasteiger partial charge >= 0.3 is 5.69 Å². The van der Waals surface area contributed by atoms with Gasteiger partial charge in [0.05, 0.1) is 0 Å². The first-order valence-corrected chi connectivity index (χ1v) is 8.04. The van der Waals surface area contributed by atoms with Gasteiger partial charge in [-0.2, -0.15) is 9.36 Å². The summed E-state index contributed by atoms with van der Waals surface area (Å²) < 4.78 is 2.07. The number of tetrazole rings is 1. The number of hydrogen-bond donors (Lipinski definition) is 2. The molecule has 2 rings (SSSR count). The molecule has 0 spiro atoms. The van der Waals surface area contributed by atoms with Crippen LogP contribution in [0.3, 0.4) is 0 Å². The smallest absolute Gasteiger partial charge is 0.354 e. The van der Waals surface area contributed by atoms with Gasteiger partial charge in [0.15, 0.2) is 0 Å². The first-order valence-electron chi connectivity index (χ1n) is 7.16. The van der Waals surface area contributed by atoms with E-state index in [-0.39, 0.29) is 12.5 Å². The Kier molecular flexibility index (Phi) is 5.63. The summed E-state index contributed by atoms with van der Waals surface area (Å²) in [6.07, 6.45) is 0.813. The van der Waals surface area contributed by atoms with Crippen LogP contribution in [-0.2, 0) is 16.1 Å². The third kappa shape index (κ3) is 4.25. The molecule has 2 heterocycles. The molecule has 9 nitrogen and oxygen atoms in total. The zero-order valence-electron chi connectivity index (χ0n) is 12.9. The van der Waals surface area contributed by atoms with E-state index in [1.807, 2.05) is 12.3 Å². The molecule has 0 radical (unpaired) electrons. The van der Waals surface area contributed by atoms with Gasteiger partial charge in [-0.3, -0.25) is 9.59 Å². The van der Waals surface area contributed by atoms with E-state index in [9.17, 15) is 14.4 Å². The van der Waals surface area contributed by atoms with Crippen LogP contribution in [0.25, 0.3) is 5.00 Å². The summed E-state index contributed by atoms with van der Waals surface area (Å²) in [7, 11) is 0. The van der Waals surface area contributed by atoms with Crippen molar-refractivity contribution in [3.63, 3.8) is 0 Å². The second-order valence-corrected chi connectivity index (χ2v) is 5.79. The zero-order valence-corrected chi connectivity index (χ0v) is 13.7. The first-order chi connectivity index (χ1) is 11.0. The van der Waals surface area contributed by atoms with Crippen LogP contribution in [0.15, 0.2) is 22.3 Å². The predicted molar refractivity (Wildman–Crippen MR) is 84.4 cm³/mol. The first kappa shape index (κ1) is 16.9. The molecule has 1 atom stereocenters. The Morgan fingerprint density at radius 1 is 1.39 bits per heavy atom. The van der Waals surface area contributed by atoms with E-state index >= 15 is 0 Å². The highest BCUT2D eigenvalue weighted by Crippen LogP contribution is 2.10. The van der Waals surface area contributed by atoms with Crippen LogP contribution in [0.4, 0.5) is 0 Å². The number of nitrogens with zero attached hydrogens (tertiary/aromatic N) is 4. The molecule has 0 aromatic carbocycles. The van der Waals surface area contributed by atoms with Gasteiger partial charge in [0.2, 0.25) is 11.8 Å². The highest BCUT2D eigenvalue weighted by Gasteiger charge is 2.17. The van der Waals surface area contributed by atoms with Crippen molar-refractivity contribution in [2.24, 2.45) is 0 Å². The van der Waals surface area contributed by atoms with Crippen LogP contribution in [0, 0.1) is 0 Å². The normalized spacial score (nSPS) is 11.9. The number of rotatable bonds is 7. The third-order valence-electron chi connectivity index (χ3n) is 2.97. The molecular weight excluding hydrogens is 320 g/mol. The average Bonchev–Trinajstić information content (AvgIpc) is 3.15. The molecule has 2 N–H and O–H groups in total. The molecule has 10 heteroatoms. The number of amides is 2. The van der Waals surface area contributed by atoms with Crippen LogP contribution in [0.2, 0.25) is 0 Å². The summed E-state index contributed by atoms with van der Waals surface area (Å²) in [5.74, 6) is -0.751. The SMILES string of the molecule is CCCNC(=O)C(C)NC(=O)Cn1nnn(-c2cccs2)c1=O. The van der Waals surface area contributed by atoms with E-state index in [4.69, 9.17) is 0 Å². The van der Waals surface area contributed by atoms with E-state index in [2.05, 4.69) is 21.1 Å². The minimum Gasteiger partial charge on any atom is -0.354 e. The molecule has 0 aliphatic heterocycles. The molecule has 2 aromatic heterocycles. The standard InChI is InChI=1S/C13H18N6O3S/c1-3-6-14-12(21)9(2)15-10(20)8-18-13(22)19(17-16-18)11-5-4-7-23-11/h4-5,7,9H,3,6,8H2,1-2H3,(H,14,21)(H,15,20). The van der Waals surface area contributed by atoms with Crippen molar-refractivity contribution in [1.82, 2.24) is 30.4 Å². The molecule has 0 aliphatic rings. The quantitative estimate of drug-likeness (QED) is 0.708. The number of carbonyl (C=O) groups is 2. The molecule has 0 bridgehead atoms. The van der Waals surface area contributed by atoms with Crippen molar-refractivity contribution < 1.29 is 9.59 Å². The van der Waals surface area contributed by atoms with Gasteiger partial charge in [0, 0.05) is 6.54 Å².